The SMILES string of the molecule is O=C(OCc1ccccc1)C1CC(=O)N(c2cccc([N+](=O)[O-])c2)C1. The molecule has 0 saturated carbocycles. The average molecular weight is 340 g/mol. The lowest BCUT2D eigenvalue weighted by molar-refractivity contribution is -0.384. The first-order valence-corrected chi connectivity index (χ1v) is 7.80. The van der Waals surface area contributed by atoms with Gasteiger partial charge in [-0.3, -0.25) is 19.7 Å². The highest BCUT2D eigenvalue weighted by atomic mass is 16.6. The molecule has 1 heterocycles. The summed E-state index contributed by atoms with van der Waals surface area (Å²) in [6, 6.07) is 15.1. The number of anilines is 1. The second kappa shape index (κ2) is 7.12. The number of nitro groups is 1. The molecule has 3 rings (SSSR count). The minimum absolute atomic E-state index is 0.0380. The van der Waals surface area contributed by atoms with Gasteiger partial charge in [-0.05, 0) is 11.6 Å². The lowest BCUT2D eigenvalue weighted by Crippen LogP contribution is -2.26. The number of carbonyl (C=O) groups excluding carboxylic acids is 2. The molecule has 1 atom stereocenters. The highest BCUT2D eigenvalue weighted by molar-refractivity contribution is 5.99. The van der Waals surface area contributed by atoms with E-state index in [9.17, 15) is 19.7 Å². The number of ether oxygens (including phenoxy) is 1. The van der Waals surface area contributed by atoms with Crippen LogP contribution in [0, 0.1) is 16.0 Å². The van der Waals surface area contributed by atoms with Crippen molar-refractivity contribution in [3.8, 4) is 0 Å². The number of hydrogen-bond donors (Lipinski definition) is 0. The van der Waals surface area contributed by atoms with Gasteiger partial charge in [0, 0.05) is 25.1 Å². The van der Waals surface area contributed by atoms with E-state index in [2.05, 4.69) is 0 Å². The van der Waals surface area contributed by atoms with Gasteiger partial charge in [-0.15, -0.1) is 0 Å². The third-order valence-corrected chi connectivity index (χ3v) is 4.03. The fourth-order valence-electron chi connectivity index (χ4n) is 2.74. The molecule has 2 aromatic rings. The summed E-state index contributed by atoms with van der Waals surface area (Å²) in [6.45, 7) is 0.314. The van der Waals surface area contributed by atoms with Crippen LogP contribution >= 0.6 is 0 Å². The summed E-state index contributed by atoms with van der Waals surface area (Å²) in [6.07, 6.45) is 0.0380. The number of rotatable bonds is 5. The zero-order chi connectivity index (χ0) is 17.8. The summed E-state index contributed by atoms with van der Waals surface area (Å²) in [5, 5.41) is 10.9. The molecule has 2 aromatic carbocycles. The minimum atomic E-state index is -0.574. The maximum Gasteiger partial charge on any atom is 0.311 e. The molecule has 128 valence electrons. The van der Waals surface area contributed by atoms with Crippen molar-refractivity contribution in [2.24, 2.45) is 5.92 Å². The Balaban J connectivity index is 1.65. The Labute approximate surface area is 144 Å². The van der Waals surface area contributed by atoms with Crippen molar-refractivity contribution in [3.63, 3.8) is 0 Å². The Morgan fingerprint density at radius 1 is 1.20 bits per heavy atom. The van der Waals surface area contributed by atoms with E-state index in [4.69, 9.17) is 4.74 Å². The topological polar surface area (TPSA) is 89.8 Å². The fourth-order valence-corrected chi connectivity index (χ4v) is 2.74. The van der Waals surface area contributed by atoms with E-state index in [-0.39, 0.29) is 31.2 Å². The molecule has 7 heteroatoms. The zero-order valence-electron chi connectivity index (χ0n) is 13.3. The molecule has 0 spiro atoms. The van der Waals surface area contributed by atoms with Crippen LogP contribution in [0.2, 0.25) is 0 Å². The van der Waals surface area contributed by atoms with Gasteiger partial charge in [-0.2, -0.15) is 0 Å². The van der Waals surface area contributed by atoms with E-state index in [0.717, 1.165) is 5.56 Å². The third-order valence-electron chi connectivity index (χ3n) is 4.03. The molecule has 1 aliphatic rings. The van der Waals surface area contributed by atoms with Gasteiger partial charge in [-0.25, -0.2) is 0 Å². The third kappa shape index (κ3) is 3.82. The quantitative estimate of drug-likeness (QED) is 0.474. The summed E-state index contributed by atoms with van der Waals surface area (Å²) in [5.74, 6) is -1.26. The first kappa shape index (κ1) is 16.6. The molecule has 1 amide bonds. The van der Waals surface area contributed by atoms with E-state index in [0.29, 0.717) is 5.69 Å². The molecule has 0 N–H and O–H groups in total. The molecule has 0 aliphatic carbocycles. The number of esters is 1. The molecule has 1 fully saturated rings. The molecule has 0 bridgehead atoms. The van der Waals surface area contributed by atoms with Crippen molar-refractivity contribution >= 4 is 23.3 Å². The monoisotopic (exact) mass is 340 g/mol. The summed E-state index contributed by atoms with van der Waals surface area (Å²) in [4.78, 5) is 36.1. The Kier molecular flexibility index (Phi) is 4.74. The van der Waals surface area contributed by atoms with Crippen LogP contribution in [-0.4, -0.2) is 23.3 Å². The first-order chi connectivity index (χ1) is 12.0. The van der Waals surface area contributed by atoms with Crippen LogP contribution in [0.3, 0.4) is 0 Å². The van der Waals surface area contributed by atoms with Crippen LogP contribution in [0.25, 0.3) is 0 Å². The smallest absolute Gasteiger partial charge is 0.311 e. The van der Waals surface area contributed by atoms with E-state index < -0.39 is 16.8 Å². The number of amides is 1. The largest absolute Gasteiger partial charge is 0.461 e. The molecular formula is C18H16N2O5. The molecule has 25 heavy (non-hydrogen) atoms. The molecular weight excluding hydrogens is 324 g/mol. The van der Waals surface area contributed by atoms with Gasteiger partial charge in [0.05, 0.1) is 16.5 Å². The molecule has 0 aromatic heterocycles. The highest BCUT2D eigenvalue weighted by Gasteiger charge is 2.36. The summed E-state index contributed by atoms with van der Waals surface area (Å²) < 4.78 is 5.28. The molecule has 1 aliphatic heterocycles. The average Bonchev–Trinajstić information content (AvgIpc) is 3.02. The summed E-state index contributed by atoms with van der Waals surface area (Å²) >= 11 is 0. The van der Waals surface area contributed by atoms with Crippen LogP contribution in [0.15, 0.2) is 54.6 Å². The van der Waals surface area contributed by atoms with Gasteiger partial charge >= 0.3 is 5.97 Å². The van der Waals surface area contributed by atoms with Crippen LogP contribution < -0.4 is 4.90 Å². The van der Waals surface area contributed by atoms with Crippen LogP contribution in [0.5, 0.6) is 0 Å². The van der Waals surface area contributed by atoms with Crippen molar-refractivity contribution in [1.29, 1.82) is 0 Å². The van der Waals surface area contributed by atoms with Crippen LogP contribution in [0.1, 0.15) is 12.0 Å². The van der Waals surface area contributed by atoms with Crippen molar-refractivity contribution in [3.05, 3.63) is 70.3 Å². The number of benzene rings is 2. The van der Waals surface area contributed by atoms with E-state index in [1.165, 1.54) is 23.1 Å². The van der Waals surface area contributed by atoms with Crippen LogP contribution in [0.4, 0.5) is 11.4 Å². The number of nitro benzene ring substituents is 1. The normalized spacial score (nSPS) is 16.7. The summed E-state index contributed by atoms with van der Waals surface area (Å²) in [5.41, 5.74) is 1.19. The number of carbonyl (C=O) groups is 2. The molecule has 1 saturated heterocycles. The molecule has 7 nitrogen and oxygen atoms in total. The Morgan fingerprint density at radius 2 is 1.96 bits per heavy atom. The fraction of sp³-hybridized carbons (Fsp3) is 0.222. The van der Waals surface area contributed by atoms with Gasteiger partial charge < -0.3 is 9.64 Å². The molecule has 0 radical (unpaired) electrons. The lowest BCUT2D eigenvalue weighted by atomic mass is 10.1. The van der Waals surface area contributed by atoms with Crippen molar-refractivity contribution in [2.75, 3.05) is 11.4 Å². The number of hydrogen-bond acceptors (Lipinski definition) is 5. The zero-order valence-corrected chi connectivity index (χ0v) is 13.3. The van der Waals surface area contributed by atoms with E-state index >= 15 is 0 Å². The Hall–Kier alpha value is -3.22. The molecule has 1 unspecified atom stereocenters. The standard InChI is InChI=1S/C18H16N2O5/c21-17-9-14(18(22)25-12-13-5-2-1-3-6-13)11-19(17)15-7-4-8-16(10-15)20(23)24/h1-8,10,14H,9,11-12H2. The van der Waals surface area contributed by atoms with Crippen molar-refractivity contribution in [1.82, 2.24) is 0 Å². The van der Waals surface area contributed by atoms with Crippen molar-refractivity contribution < 1.29 is 19.2 Å². The number of non-ortho nitro benzene ring substituents is 1. The van der Waals surface area contributed by atoms with Crippen molar-refractivity contribution in [2.45, 2.75) is 13.0 Å². The maximum absolute atomic E-state index is 12.2. The summed E-state index contributed by atoms with van der Waals surface area (Å²) in [7, 11) is 0. The Morgan fingerprint density at radius 3 is 2.68 bits per heavy atom. The highest BCUT2D eigenvalue weighted by Crippen LogP contribution is 2.28. The van der Waals surface area contributed by atoms with Gasteiger partial charge in [-0.1, -0.05) is 36.4 Å². The number of nitrogens with zero attached hydrogens (tertiary/aromatic N) is 2. The predicted molar refractivity (Wildman–Crippen MR) is 89.8 cm³/mol. The second-order valence-corrected chi connectivity index (χ2v) is 5.78. The van der Waals surface area contributed by atoms with Gasteiger partial charge in [0.1, 0.15) is 6.61 Å². The van der Waals surface area contributed by atoms with Gasteiger partial charge in [0.25, 0.3) is 5.69 Å². The van der Waals surface area contributed by atoms with Crippen LogP contribution in [-0.2, 0) is 20.9 Å². The Bertz CT molecular complexity index is 806. The van der Waals surface area contributed by atoms with E-state index in [1.54, 1.807) is 6.07 Å². The van der Waals surface area contributed by atoms with Gasteiger partial charge in [0.2, 0.25) is 5.91 Å². The maximum atomic E-state index is 12.2. The lowest BCUT2D eigenvalue weighted by Gasteiger charge is -2.16. The second-order valence-electron chi connectivity index (χ2n) is 5.78. The predicted octanol–water partition coefficient (Wildman–Crippen LogP) is 2.69. The van der Waals surface area contributed by atoms with E-state index in [1.807, 2.05) is 30.3 Å². The minimum Gasteiger partial charge on any atom is -0.461 e. The first-order valence-electron chi connectivity index (χ1n) is 7.80. The van der Waals surface area contributed by atoms with Gasteiger partial charge in [0.15, 0.2) is 0 Å².